The van der Waals surface area contributed by atoms with Crippen molar-refractivity contribution in [3.63, 3.8) is 0 Å². The van der Waals surface area contributed by atoms with Crippen molar-refractivity contribution < 1.29 is 0 Å². The van der Waals surface area contributed by atoms with E-state index in [4.69, 9.17) is 0 Å². The molecule has 0 aromatic rings. The van der Waals surface area contributed by atoms with E-state index in [2.05, 4.69) is 35.7 Å². The Bertz CT molecular complexity index is 195. The van der Waals surface area contributed by atoms with Crippen molar-refractivity contribution in [3.8, 4) is 0 Å². The van der Waals surface area contributed by atoms with Crippen LogP contribution in [0.4, 0.5) is 0 Å². The molecule has 0 heterocycles. The predicted octanol–water partition coefficient (Wildman–Crippen LogP) is 2.73. The quantitative estimate of drug-likeness (QED) is 0.380. The first kappa shape index (κ1) is 16.6. The van der Waals surface area contributed by atoms with E-state index in [1.165, 1.54) is 25.7 Å². The maximum Gasteiger partial charge on any atom is 0.191 e. The number of rotatable bonds is 9. The van der Waals surface area contributed by atoms with Gasteiger partial charge in [0.1, 0.15) is 0 Å². The first-order chi connectivity index (χ1) is 8.28. The lowest BCUT2D eigenvalue weighted by molar-refractivity contribution is 0.444. The van der Waals surface area contributed by atoms with Crippen LogP contribution < -0.4 is 10.6 Å². The van der Waals surface area contributed by atoms with Crippen LogP contribution in [0.3, 0.4) is 0 Å². The molecule has 2 N–H and O–H groups in total. The average molecular weight is 259 g/mol. The van der Waals surface area contributed by atoms with Gasteiger partial charge in [-0.1, -0.05) is 33.1 Å². The molecule has 0 amide bonds. The van der Waals surface area contributed by atoms with Crippen molar-refractivity contribution in [3.05, 3.63) is 0 Å². The van der Waals surface area contributed by atoms with E-state index >= 15 is 0 Å². The fourth-order valence-corrected chi connectivity index (χ4v) is 1.98. The molecule has 0 aromatic heterocycles. The SMILES string of the molecule is CCCCC(CC)CNC(=NC)NCCSC. The first-order valence-corrected chi connectivity index (χ1v) is 8.11. The zero-order valence-electron chi connectivity index (χ0n) is 11.9. The molecule has 0 aliphatic rings. The first-order valence-electron chi connectivity index (χ1n) is 6.71. The molecule has 0 radical (unpaired) electrons. The smallest absolute Gasteiger partial charge is 0.191 e. The highest BCUT2D eigenvalue weighted by molar-refractivity contribution is 7.98. The molecule has 0 rings (SSSR count). The van der Waals surface area contributed by atoms with Gasteiger partial charge in [0.05, 0.1) is 0 Å². The van der Waals surface area contributed by atoms with Gasteiger partial charge in [-0.2, -0.15) is 11.8 Å². The number of hydrogen-bond donors (Lipinski definition) is 2. The summed E-state index contributed by atoms with van der Waals surface area (Å²) in [7, 11) is 1.83. The van der Waals surface area contributed by atoms with Gasteiger partial charge < -0.3 is 10.6 Å². The summed E-state index contributed by atoms with van der Waals surface area (Å²) in [5.74, 6) is 2.83. The second kappa shape index (κ2) is 12.1. The molecule has 0 saturated carbocycles. The maximum atomic E-state index is 4.23. The normalized spacial score (nSPS) is 13.5. The Hall–Kier alpha value is -0.380. The Morgan fingerprint density at radius 1 is 1.29 bits per heavy atom. The van der Waals surface area contributed by atoms with Crippen LogP contribution in [-0.2, 0) is 0 Å². The van der Waals surface area contributed by atoms with Gasteiger partial charge in [0.15, 0.2) is 5.96 Å². The van der Waals surface area contributed by atoms with Gasteiger partial charge in [0.25, 0.3) is 0 Å². The molecular formula is C13H29N3S. The number of guanidine groups is 1. The summed E-state index contributed by atoms with van der Waals surface area (Å²) in [6.07, 6.45) is 7.31. The minimum atomic E-state index is 0.772. The highest BCUT2D eigenvalue weighted by atomic mass is 32.2. The van der Waals surface area contributed by atoms with Crippen molar-refractivity contribution >= 4 is 17.7 Å². The van der Waals surface area contributed by atoms with Crippen molar-refractivity contribution in [1.82, 2.24) is 10.6 Å². The summed E-state index contributed by atoms with van der Waals surface area (Å²) < 4.78 is 0. The van der Waals surface area contributed by atoms with Crippen LogP contribution >= 0.6 is 11.8 Å². The monoisotopic (exact) mass is 259 g/mol. The summed E-state index contributed by atoms with van der Waals surface area (Å²) in [6, 6.07) is 0. The lowest BCUT2D eigenvalue weighted by atomic mass is 9.99. The zero-order valence-corrected chi connectivity index (χ0v) is 12.7. The average Bonchev–Trinajstić information content (AvgIpc) is 2.36. The summed E-state index contributed by atoms with van der Waals surface area (Å²) in [4.78, 5) is 4.23. The van der Waals surface area contributed by atoms with E-state index < -0.39 is 0 Å². The van der Waals surface area contributed by atoms with Gasteiger partial charge in [-0.25, -0.2) is 0 Å². The van der Waals surface area contributed by atoms with E-state index in [1.54, 1.807) is 0 Å². The Balaban J connectivity index is 3.78. The number of hydrogen-bond acceptors (Lipinski definition) is 2. The van der Waals surface area contributed by atoms with Gasteiger partial charge in [-0.15, -0.1) is 0 Å². The molecule has 0 aromatic carbocycles. The van der Waals surface area contributed by atoms with Gasteiger partial charge >= 0.3 is 0 Å². The van der Waals surface area contributed by atoms with E-state index in [9.17, 15) is 0 Å². The van der Waals surface area contributed by atoms with Crippen LogP contribution in [0.25, 0.3) is 0 Å². The standard InChI is InChI=1S/C13H29N3S/c1-5-7-8-12(6-2)11-16-13(14-3)15-9-10-17-4/h12H,5-11H2,1-4H3,(H2,14,15,16). The zero-order chi connectivity index (χ0) is 12.9. The molecule has 102 valence electrons. The Morgan fingerprint density at radius 3 is 2.59 bits per heavy atom. The lowest BCUT2D eigenvalue weighted by Gasteiger charge is -2.17. The van der Waals surface area contributed by atoms with Gasteiger partial charge in [-0.3, -0.25) is 4.99 Å². The molecule has 17 heavy (non-hydrogen) atoms. The summed E-state index contributed by atoms with van der Waals surface area (Å²) in [6.45, 7) is 6.54. The predicted molar refractivity (Wildman–Crippen MR) is 81.1 cm³/mol. The summed E-state index contributed by atoms with van der Waals surface area (Å²) in [5, 5.41) is 6.74. The third-order valence-electron chi connectivity index (χ3n) is 2.92. The summed E-state index contributed by atoms with van der Waals surface area (Å²) >= 11 is 1.85. The van der Waals surface area contributed by atoms with E-state index in [0.29, 0.717) is 0 Å². The van der Waals surface area contributed by atoms with Crippen molar-refractivity contribution in [1.29, 1.82) is 0 Å². The number of nitrogens with zero attached hydrogens (tertiary/aromatic N) is 1. The molecule has 3 nitrogen and oxygen atoms in total. The number of thioether (sulfide) groups is 1. The molecule has 0 fully saturated rings. The van der Waals surface area contributed by atoms with Crippen LogP contribution in [-0.4, -0.2) is 38.1 Å². The molecule has 0 saturated heterocycles. The summed E-state index contributed by atoms with van der Waals surface area (Å²) in [5.41, 5.74) is 0. The van der Waals surface area contributed by atoms with Crippen LogP contribution in [0.2, 0.25) is 0 Å². The fourth-order valence-electron chi connectivity index (χ4n) is 1.68. The Labute approximate surface area is 111 Å². The van der Waals surface area contributed by atoms with Crippen molar-refractivity contribution in [2.24, 2.45) is 10.9 Å². The second-order valence-electron chi connectivity index (χ2n) is 4.29. The van der Waals surface area contributed by atoms with E-state index in [-0.39, 0.29) is 0 Å². The number of aliphatic imine (C=N–C) groups is 1. The third kappa shape index (κ3) is 9.33. The molecule has 1 atom stereocenters. The van der Waals surface area contributed by atoms with Crippen molar-refractivity contribution in [2.75, 3.05) is 32.1 Å². The van der Waals surface area contributed by atoms with Crippen LogP contribution in [0.1, 0.15) is 39.5 Å². The lowest BCUT2D eigenvalue weighted by Crippen LogP contribution is -2.40. The molecule has 0 aliphatic heterocycles. The van der Waals surface area contributed by atoms with Crippen molar-refractivity contribution in [2.45, 2.75) is 39.5 Å². The van der Waals surface area contributed by atoms with Gasteiger partial charge in [-0.05, 0) is 18.6 Å². The topological polar surface area (TPSA) is 36.4 Å². The Kier molecular flexibility index (Phi) is 11.8. The largest absolute Gasteiger partial charge is 0.356 e. The molecule has 0 spiro atoms. The van der Waals surface area contributed by atoms with Crippen LogP contribution in [0, 0.1) is 5.92 Å². The highest BCUT2D eigenvalue weighted by Gasteiger charge is 2.06. The van der Waals surface area contributed by atoms with E-state index in [0.717, 1.165) is 30.7 Å². The molecule has 4 heteroatoms. The van der Waals surface area contributed by atoms with E-state index in [1.807, 2.05) is 18.8 Å². The Morgan fingerprint density at radius 2 is 2.06 bits per heavy atom. The fraction of sp³-hybridized carbons (Fsp3) is 0.923. The minimum absolute atomic E-state index is 0.772. The maximum absolute atomic E-state index is 4.23. The molecule has 0 bridgehead atoms. The minimum Gasteiger partial charge on any atom is -0.356 e. The number of nitrogens with one attached hydrogen (secondary N) is 2. The molecule has 1 unspecified atom stereocenters. The third-order valence-corrected chi connectivity index (χ3v) is 3.54. The van der Waals surface area contributed by atoms with Gasteiger partial charge in [0.2, 0.25) is 0 Å². The molecular weight excluding hydrogens is 230 g/mol. The second-order valence-corrected chi connectivity index (χ2v) is 5.27. The van der Waals surface area contributed by atoms with Crippen LogP contribution in [0.5, 0.6) is 0 Å². The molecule has 0 aliphatic carbocycles. The van der Waals surface area contributed by atoms with Gasteiger partial charge in [0, 0.05) is 25.9 Å². The number of unbranched alkanes of at least 4 members (excludes halogenated alkanes) is 1. The van der Waals surface area contributed by atoms with Crippen LogP contribution in [0.15, 0.2) is 4.99 Å². The highest BCUT2D eigenvalue weighted by Crippen LogP contribution is 2.10.